The van der Waals surface area contributed by atoms with Crippen molar-refractivity contribution in [1.82, 2.24) is 10.3 Å². The number of rotatable bonds is 5. The Balaban J connectivity index is 2.74. The van der Waals surface area contributed by atoms with Crippen molar-refractivity contribution in [2.45, 2.75) is 37.6 Å². The molecule has 2 amide bonds. The number of carboxylic acid groups (broad SMARTS) is 1. The van der Waals surface area contributed by atoms with Crippen molar-refractivity contribution < 1.29 is 14.7 Å². The lowest BCUT2D eigenvalue weighted by Crippen LogP contribution is -2.58. The lowest BCUT2D eigenvalue weighted by atomic mass is 9.82. The number of nitrogens with one attached hydrogen (secondary N) is 1. The van der Waals surface area contributed by atoms with Crippen molar-refractivity contribution in [3.8, 4) is 0 Å². The van der Waals surface area contributed by atoms with Crippen LogP contribution in [0.3, 0.4) is 0 Å². The van der Waals surface area contributed by atoms with Gasteiger partial charge in [-0.15, -0.1) is 16.5 Å². The molecule has 1 aliphatic rings. The molecule has 0 aromatic carbocycles. The maximum Gasteiger partial charge on any atom is 0.341 e. The standard InChI is InChI=1S/C10H16ClN3O4/c11-6-7-14(13-18)9(17)12-10(8(15)16)4-2-1-3-5-10/h1-7H2,(H,12,17)(H,15,16). The molecule has 0 unspecified atom stereocenters. The summed E-state index contributed by atoms with van der Waals surface area (Å²) in [4.78, 5) is 33.5. The summed E-state index contributed by atoms with van der Waals surface area (Å²) in [6.45, 7) is -0.0490. The fraction of sp³-hybridized carbons (Fsp3) is 0.800. The fourth-order valence-corrected chi connectivity index (χ4v) is 2.24. The number of nitrogens with zero attached hydrogens (tertiary/aromatic N) is 2. The zero-order valence-electron chi connectivity index (χ0n) is 9.89. The molecule has 1 saturated carbocycles. The quantitative estimate of drug-likeness (QED) is 0.454. The number of aliphatic carboxylic acids is 1. The van der Waals surface area contributed by atoms with E-state index < -0.39 is 17.5 Å². The van der Waals surface area contributed by atoms with Crippen LogP contribution >= 0.6 is 11.6 Å². The van der Waals surface area contributed by atoms with Crippen LogP contribution in [0.25, 0.3) is 0 Å². The van der Waals surface area contributed by atoms with E-state index in [9.17, 15) is 19.6 Å². The molecule has 0 spiro atoms. The molecule has 0 aromatic rings. The Kier molecular flexibility index (Phi) is 5.33. The van der Waals surface area contributed by atoms with Gasteiger partial charge >= 0.3 is 12.0 Å². The molecule has 0 saturated heterocycles. The maximum absolute atomic E-state index is 11.7. The van der Waals surface area contributed by atoms with E-state index in [1.165, 1.54) is 0 Å². The molecule has 0 atom stereocenters. The molecule has 1 fully saturated rings. The Labute approximate surface area is 109 Å². The Morgan fingerprint density at radius 2 is 1.94 bits per heavy atom. The molecule has 0 radical (unpaired) electrons. The van der Waals surface area contributed by atoms with Crippen molar-refractivity contribution in [2.24, 2.45) is 5.29 Å². The van der Waals surface area contributed by atoms with E-state index in [4.69, 9.17) is 11.6 Å². The van der Waals surface area contributed by atoms with Gasteiger partial charge < -0.3 is 10.4 Å². The Morgan fingerprint density at radius 3 is 2.39 bits per heavy atom. The van der Waals surface area contributed by atoms with Gasteiger partial charge in [-0.3, -0.25) is 0 Å². The van der Waals surface area contributed by atoms with Crippen molar-refractivity contribution in [1.29, 1.82) is 0 Å². The number of nitroso groups, excluding NO2 is 1. The lowest BCUT2D eigenvalue weighted by Gasteiger charge is -2.34. The summed E-state index contributed by atoms with van der Waals surface area (Å²) < 4.78 is 0. The summed E-state index contributed by atoms with van der Waals surface area (Å²) in [5.74, 6) is -1.02. The van der Waals surface area contributed by atoms with E-state index in [1.54, 1.807) is 0 Å². The Morgan fingerprint density at radius 1 is 1.33 bits per heavy atom. The van der Waals surface area contributed by atoms with E-state index in [-0.39, 0.29) is 12.4 Å². The van der Waals surface area contributed by atoms with Gasteiger partial charge in [-0.2, -0.15) is 5.01 Å². The minimum Gasteiger partial charge on any atom is -0.480 e. The van der Waals surface area contributed by atoms with Crippen LogP contribution in [-0.4, -0.2) is 40.1 Å². The summed E-state index contributed by atoms with van der Waals surface area (Å²) in [6, 6.07) is -0.810. The first-order valence-electron chi connectivity index (χ1n) is 5.78. The largest absolute Gasteiger partial charge is 0.480 e. The maximum atomic E-state index is 11.7. The second-order valence-electron chi connectivity index (χ2n) is 4.27. The van der Waals surface area contributed by atoms with Gasteiger partial charge in [-0.05, 0) is 12.8 Å². The third kappa shape index (κ3) is 3.32. The normalized spacial score (nSPS) is 17.8. The molecule has 0 heterocycles. The van der Waals surface area contributed by atoms with Crippen molar-refractivity contribution in [3.63, 3.8) is 0 Å². The highest BCUT2D eigenvalue weighted by molar-refractivity contribution is 6.18. The van der Waals surface area contributed by atoms with Crippen LogP contribution in [0.1, 0.15) is 32.1 Å². The second kappa shape index (κ2) is 6.53. The molecule has 2 N–H and O–H groups in total. The van der Waals surface area contributed by atoms with Gasteiger partial charge in [0, 0.05) is 5.88 Å². The number of carboxylic acids is 1. The highest BCUT2D eigenvalue weighted by Crippen LogP contribution is 2.28. The lowest BCUT2D eigenvalue weighted by molar-refractivity contribution is -0.146. The molecule has 7 nitrogen and oxygen atoms in total. The molecule has 8 heteroatoms. The topological polar surface area (TPSA) is 99.1 Å². The molecule has 0 aromatic heterocycles. The molecular weight excluding hydrogens is 262 g/mol. The summed E-state index contributed by atoms with van der Waals surface area (Å²) in [5.41, 5.74) is -1.29. The van der Waals surface area contributed by atoms with Gasteiger partial charge in [0.25, 0.3) is 0 Å². The van der Waals surface area contributed by atoms with E-state index in [2.05, 4.69) is 10.6 Å². The van der Waals surface area contributed by atoms with Crippen molar-refractivity contribution in [2.75, 3.05) is 12.4 Å². The van der Waals surface area contributed by atoms with E-state index in [1.807, 2.05) is 0 Å². The molecule has 1 aliphatic carbocycles. The average molecular weight is 278 g/mol. The van der Waals surface area contributed by atoms with E-state index in [0.29, 0.717) is 17.9 Å². The molecule has 0 bridgehead atoms. The number of alkyl halides is 1. The third-order valence-corrected chi connectivity index (χ3v) is 3.26. The molecule has 0 aliphatic heterocycles. The minimum atomic E-state index is -1.29. The summed E-state index contributed by atoms with van der Waals surface area (Å²) in [5, 5.41) is 14.8. The van der Waals surface area contributed by atoms with Crippen LogP contribution in [0.15, 0.2) is 5.29 Å². The van der Waals surface area contributed by atoms with Crippen LogP contribution in [0.5, 0.6) is 0 Å². The third-order valence-electron chi connectivity index (χ3n) is 3.09. The van der Waals surface area contributed by atoms with Crippen molar-refractivity contribution >= 4 is 23.6 Å². The summed E-state index contributed by atoms with van der Waals surface area (Å²) in [7, 11) is 0. The minimum absolute atomic E-state index is 0.0490. The fourth-order valence-electron chi connectivity index (χ4n) is 2.08. The first-order chi connectivity index (χ1) is 8.55. The molecule has 18 heavy (non-hydrogen) atoms. The first-order valence-corrected chi connectivity index (χ1v) is 6.31. The zero-order valence-corrected chi connectivity index (χ0v) is 10.7. The smallest absolute Gasteiger partial charge is 0.341 e. The number of amides is 2. The van der Waals surface area contributed by atoms with Crippen LogP contribution in [0.2, 0.25) is 0 Å². The van der Waals surface area contributed by atoms with Crippen LogP contribution < -0.4 is 5.32 Å². The second-order valence-corrected chi connectivity index (χ2v) is 4.65. The van der Waals surface area contributed by atoms with E-state index in [0.717, 1.165) is 19.3 Å². The highest BCUT2D eigenvalue weighted by atomic mass is 35.5. The van der Waals surface area contributed by atoms with Gasteiger partial charge in [0.15, 0.2) is 0 Å². The summed E-state index contributed by atoms with van der Waals surface area (Å²) >= 11 is 5.42. The molecule has 102 valence electrons. The Bertz CT molecular complexity index is 331. The first kappa shape index (κ1) is 14.7. The number of carbonyl (C=O) groups excluding carboxylic acids is 1. The highest BCUT2D eigenvalue weighted by Gasteiger charge is 2.42. The van der Waals surface area contributed by atoms with Gasteiger partial charge in [0.05, 0.1) is 11.8 Å². The van der Waals surface area contributed by atoms with Gasteiger partial charge in [-0.25, -0.2) is 9.59 Å². The molecular formula is C10H16ClN3O4. The summed E-state index contributed by atoms with van der Waals surface area (Å²) in [6.07, 6.45) is 3.14. The predicted octanol–water partition coefficient (Wildman–Crippen LogP) is 1.71. The Hall–Kier alpha value is -1.37. The van der Waals surface area contributed by atoms with Crippen LogP contribution in [-0.2, 0) is 4.79 Å². The number of halogens is 1. The average Bonchev–Trinajstić information content (AvgIpc) is 2.36. The van der Waals surface area contributed by atoms with E-state index >= 15 is 0 Å². The monoisotopic (exact) mass is 277 g/mol. The number of hydrogen-bond donors (Lipinski definition) is 2. The van der Waals surface area contributed by atoms with Crippen LogP contribution in [0, 0.1) is 4.91 Å². The van der Waals surface area contributed by atoms with Crippen molar-refractivity contribution in [3.05, 3.63) is 4.91 Å². The molecule has 1 rings (SSSR count). The predicted molar refractivity (Wildman–Crippen MR) is 65.2 cm³/mol. The van der Waals surface area contributed by atoms with Crippen LogP contribution in [0.4, 0.5) is 4.79 Å². The van der Waals surface area contributed by atoms with Gasteiger partial charge in [0.1, 0.15) is 5.54 Å². The SMILES string of the molecule is O=NN(CCCl)C(=O)NC1(C(=O)O)CCCCC1. The van der Waals surface area contributed by atoms with Gasteiger partial charge in [0.2, 0.25) is 0 Å². The van der Waals surface area contributed by atoms with Gasteiger partial charge in [-0.1, -0.05) is 19.3 Å². The number of hydrogen-bond acceptors (Lipinski definition) is 4. The zero-order chi connectivity index (χ0) is 13.6. The number of carbonyl (C=O) groups is 2. The number of urea groups is 1.